The largest absolute Gasteiger partial charge is 0.494 e. The third-order valence-corrected chi connectivity index (χ3v) is 2.65. The molecule has 0 aliphatic carbocycles. The average molecular weight is 307 g/mol. The fourth-order valence-electron chi connectivity index (χ4n) is 1.77. The van der Waals surface area contributed by atoms with Crippen molar-refractivity contribution in [1.29, 1.82) is 0 Å². The molecule has 11 nitrogen and oxygen atoms in total. The van der Waals surface area contributed by atoms with Crippen molar-refractivity contribution in [1.82, 2.24) is 14.8 Å². The molecule has 2 heterocycles. The van der Waals surface area contributed by atoms with Gasteiger partial charge in [-0.05, 0) is 22.0 Å². The van der Waals surface area contributed by atoms with Gasteiger partial charge in [0.15, 0.2) is 11.5 Å². The summed E-state index contributed by atoms with van der Waals surface area (Å²) >= 11 is 0. The van der Waals surface area contributed by atoms with Crippen LogP contribution in [0.3, 0.4) is 0 Å². The van der Waals surface area contributed by atoms with Gasteiger partial charge in [-0.2, -0.15) is 0 Å². The van der Waals surface area contributed by atoms with E-state index in [2.05, 4.69) is 10.1 Å². The fraction of sp³-hybridized carbons (Fsp3) is 0.182. The molecule has 22 heavy (non-hydrogen) atoms. The number of nitrogens with two attached hydrogens (primary N) is 1. The first-order valence-electron chi connectivity index (χ1n) is 5.98. The van der Waals surface area contributed by atoms with Gasteiger partial charge in [-0.25, -0.2) is 0 Å². The Bertz CT molecular complexity index is 757. The lowest BCUT2D eigenvalue weighted by Crippen LogP contribution is -2.20. The summed E-state index contributed by atoms with van der Waals surface area (Å²) in [4.78, 5) is 24.5. The number of hydrogen-bond acceptors (Lipinski definition) is 8. The van der Waals surface area contributed by atoms with Crippen LogP contribution in [0.25, 0.3) is 0 Å². The Kier molecular flexibility index (Phi) is 3.21. The second kappa shape index (κ2) is 5.20. The molecule has 0 radical (unpaired) electrons. The first kappa shape index (κ1) is 13.6. The first-order valence-corrected chi connectivity index (χ1v) is 5.98. The van der Waals surface area contributed by atoms with E-state index in [1.54, 1.807) is 12.1 Å². The molecule has 11 heteroatoms. The van der Waals surface area contributed by atoms with Crippen molar-refractivity contribution in [3.63, 3.8) is 0 Å². The van der Waals surface area contributed by atoms with Gasteiger partial charge in [-0.15, -0.1) is 4.68 Å². The van der Waals surface area contributed by atoms with E-state index in [4.69, 9.17) is 19.9 Å². The van der Waals surface area contributed by atoms with Crippen molar-refractivity contribution >= 4 is 11.9 Å². The summed E-state index contributed by atoms with van der Waals surface area (Å²) in [5.41, 5.74) is 5.06. The second-order valence-corrected chi connectivity index (χ2v) is 4.19. The lowest BCUT2D eigenvalue weighted by Gasteiger charge is -2.03. The fourth-order valence-corrected chi connectivity index (χ4v) is 1.77. The van der Waals surface area contributed by atoms with Crippen LogP contribution in [0.15, 0.2) is 18.2 Å². The first-order chi connectivity index (χ1) is 10.5. The van der Waals surface area contributed by atoms with Crippen LogP contribution in [0.5, 0.6) is 23.3 Å². The zero-order chi connectivity index (χ0) is 15.7. The van der Waals surface area contributed by atoms with Gasteiger partial charge >= 0.3 is 12.0 Å². The van der Waals surface area contributed by atoms with Gasteiger partial charge in [0, 0.05) is 11.2 Å². The summed E-state index contributed by atoms with van der Waals surface area (Å²) in [6, 6.07) is 4.46. The normalized spacial score (nSPS) is 12.2. The quantitative estimate of drug-likeness (QED) is 0.608. The standard InChI is InChI=1S/C11H9N5O6/c12-9(17)4-15-11(13-10(14-15)16(18)19)22-6-1-2-7-8(3-6)21-5-20-7/h1-3H,4-5H2,(H2,12,17). The van der Waals surface area contributed by atoms with Gasteiger partial charge in [0.1, 0.15) is 12.3 Å². The number of amides is 1. The molecule has 1 aromatic carbocycles. The Morgan fingerprint density at radius 1 is 1.45 bits per heavy atom. The van der Waals surface area contributed by atoms with Crippen LogP contribution in [-0.2, 0) is 11.3 Å². The molecule has 0 unspecified atom stereocenters. The van der Waals surface area contributed by atoms with Gasteiger partial charge in [0.2, 0.25) is 12.7 Å². The number of rotatable bonds is 5. The number of fused-ring (bicyclic) bond motifs is 1. The minimum atomic E-state index is -0.802. The van der Waals surface area contributed by atoms with Crippen molar-refractivity contribution in [3.8, 4) is 23.3 Å². The summed E-state index contributed by atoms with van der Waals surface area (Å²) in [7, 11) is 0. The average Bonchev–Trinajstić information content (AvgIpc) is 3.05. The van der Waals surface area contributed by atoms with Gasteiger partial charge in [0.05, 0.1) is 0 Å². The van der Waals surface area contributed by atoms with Crippen molar-refractivity contribution in [2.75, 3.05) is 6.79 Å². The van der Waals surface area contributed by atoms with Crippen LogP contribution >= 0.6 is 0 Å². The summed E-state index contributed by atoms with van der Waals surface area (Å²) < 4.78 is 16.7. The second-order valence-electron chi connectivity index (χ2n) is 4.19. The predicted octanol–water partition coefficient (Wildman–Crippen LogP) is 0.193. The van der Waals surface area contributed by atoms with Crippen LogP contribution in [0.2, 0.25) is 0 Å². The van der Waals surface area contributed by atoms with Crippen molar-refractivity contribution in [2.45, 2.75) is 6.54 Å². The Balaban J connectivity index is 1.90. The minimum absolute atomic E-state index is 0.0993. The van der Waals surface area contributed by atoms with Crippen LogP contribution in [0.4, 0.5) is 5.95 Å². The number of hydrogen-bond donors (Lipinski definition) is 1. The molecule has 3 rings (SSSR count). The highest BCUT2D eigenvalue weighted by Gasteiger charge is 2.25. The minimum Gasteiger partial charge on any atom is -0.454 e. The molecule has 0 bridgehead atoms. The smallest absolute Gasteiger partial charge is 0.454 e. The molecule has 2 aromatic rings. The zero-order valence-corrected chi connectivity index (χ0v) is 11.0. The molecule has 0 saturated heterocycles. The monoisotopic (exact) mass is 307 g/mol. The summed E-state index contributed by atoms with van der Waals surface area (Å²) in [5, 5.41) is 14.3. The maximum Gasteiger partial charge on any atom is 0.494 e. The Labute approximate surface area is 122 Å². The molecule has 114 valence electrons. The van der Waals surface area contributed by atoms with E-state index in [1.165, 1.54) is 6.07 Å². The highest BCUT2D eigenvalue weighted by atomic mass is 16.7. The van der Waals surface area contributed by atoms with Crippen molar-refractivity contribution < 1.29 is 23.9 Å². The van der Waals surface area contributed by atoms with E-state index in [0.29, 0.717) is 11.5 Å². The van der Waals surface area contributed by atoms with Crippen molar-refractivity contribution in [2.24, 2.45) is 5.73 Å². The lowest BCUT2D eigenvalue weighted by molar-refractivity contribution is -0.394. The summed E-state index contributed by atoms with van der Waals surface area (Å²) in [6.45, 7) is -0.303. The molecule has 2 N–H and O–H groups in total. The Hall–Kier alpha value is -3.37. The van der Waals surface area contributed by atoms with E-state index in [1.807, 2.05) is 0 Å². The van der Waals surface area contributed by atoms with Crippen LogP contribution in [0.1, 0.15) is 0 Å². The Morgan fingerprint density at radius 2 is 2.23 bits per heavy atom. The van der Waals surface area contributed by atoms with Gasteiger partial charge in [0.25, 0.3) is 0 Å². The number of carbonyl (C=O) groups excluding carboxylic acids is 1. The van der Waals surface area contributed by atoms with Crippen LogP contribution in [-0.4, -0.2) is 32.4 Å². The maximum atomic E-state index is 11.0. The highest BCUT2D eigenvalue weighted by Crippen LogP contribution is 2.36. The third kappa shape index (κ3) is 2.59. The van der Waals surface area contributed by atoms with E-state index in [-0.39, 0.29) is 18.6 Å². The molecule has 1 aliphatic rings. The van der Waals surface area contributed by atoms with Crippen molar-refractivity contribution in [3.05, 3.63) is 28.3 Å². The molecule has 0 fully saturated rings. The molecule has 1 aliphatic heterocycles. The summed E-state index contributed by atoms with van der Waals surface area (Å²) in [5.74, 6) is -0.130. The van der Waals surface area contributed by atoms with E-state index < -0.39 is 23.3 Å². The number of benzene rings is 1. The van der Waals surface area contributed by atoms with Crippen LogP contribution < -0.4 is 19.9 Å². The number of ether oxygens (including phenoxy) is 3. The van der Waals surface area contributed by atoms with Crippen LogP contribution in [0, 0.1) is 10.1 Å². The molecule has 1 aromatic heterocycles. The number of carbonyl (C=O) groups is 1. The predicted molar refractivity (Wildman–Crippen MR) is 68.5 cm³/mol. The lowest BCUT2D eigenvalue weighted by atomic mass is 10.3. The SMILES string of the molecule is NC(=O)Cn1nc([N+](=O)[O-])nc1Oc1ccc2c(c1)OCO2. The number of nitrogens with zero attached hydrogens (tertiary/aromatic N) is 4. The molecule has 0 spiro atoms. The van der Waals surface area contributed by atoms with Gasteiger partial charge in [-0.3, -0.25) is 4.79 Å². The van der Waals surface area contributed by atoms with E-state index in [9.17, 15) is 14.9 Å². The number of nitro groups is 1. The maximum absolute atomic E-state index is 11.0. The number of primary amides is 1. The highest BCUT2D eigenvalue weighted by molar-refractivity contribution is 5.73. The third-order valence-electron chi connectivity index (χ3n) is 2.65. The zero-order valence-electron chi connectivity index (χ0n) is 11.0. The van der Waals surface area contributed by atoms with E-state index >= 15 is 0 Å². The van der Waals surface area contributed by atoms with Gasteiger partial charge in [-0.1, -0.05) is 0 Å². The molecule has 0 saturated carbocycles. The molecule has 1 amide bonds. The topological polar surface area (TPSA) is 145 Å². The molecule has 0 atom stereocenters. The Morgan fingerprint density at radius 3 is 2.95 bits per heavy atom. The molecular formula is C11H9N5O6. The molecular weight excluding hydrogens is 298 g/mol. The van der Waals surface area contributed by atoms with Gasteiger partial charge < -0.3 is 30.1 Å². The van der Waals surface area contributed by atoms with E-state index in [0.717, 1.165) is 4.68 Å². The summed E-state index contributed by atoms with van der Waals surface area (Å²) in [6.07, 6.45) is 0. The number of aromatic nitrogens is 3.